The van der Waals surface area contributed by atoms with Gasteiger partial charge in [-0.25, -0.2) is 9.36 Å². The molecule has 82 valence electrons. The second-order valence-electron chi connectivity index (χ2n) is 3.30. The molecule has 0 unspecified atom stereocenters. The molecule has 2 rings (SSSR count). The SMILES string of the molecule is NCc1c[nH]c(=O)n(-c2ccccc2)c1=O. The van der Waals surface area contributed by atoms with Crippen molar-refractivity contribution < 1.29 is 0 Å². The molecule has 2 aromatic rings. The summed E-state index contributed by atoms with van der Waals surface area (Å²) in [5.41, 5.74) is 5.48. The Balaban J connectivity index is 2.75. The predicted molar refractivity (Wildman–Crippen MR) is 60.6 cm³/mol. The van der Waals surface area contributed by atoms with Crippen molar-refractivity contribution in [2.45, 2.75) is 6.54 Å². The van der Waals surface area contributed by atoms with Crippen molar-refractivity contribution in [1.29, 1.82) is 0 Å². The van der Waals surface area contributed by atoms with E-state index in [4.69, 9.17) is 5.73 Å². The van der Waals surface area contributed by atoms with Crippen molar-refractivity contribution in [3.8, 4) is 5.69 Å². The predicted octanol–water partition coefficient (Wildman–Crippen LogP) is -0.0155. The van der Waals surface area contributed by atoms with Crippen molar-refractivity contribution >= 4 is 0 Å². The van der Waals surface area contributed by atoms with Crippen LogP contribution in [-0.2, 0) is 6.54 Å². The van der Waals surface area contributed by atoms with E-state index in [-0.39, 0.29) is 12.1 Å². The van der Waals surface area contributed by atoms with Crippen molar-refractivity contribution in [1.82, 2.24) is 9.55 Å². The lowest BCUT2D eigenvalue weighted by Crippen LogP contribution is -2.36. The Hall–Kier alpha value is -2.14. The van der Waals surface area contributed by atoms with Crippen LogP contribution in [0, 0.1) is 0 Å². The molecular formula is C11H11N3O2. The number of aromatic nitrogens is 2. The minimum atomic E-state index is -0.464. The zero-order valence-corrected chi connectivity index (χ0v) is 8.51. The van der Waals surface area contributed by atoms with Crippen LogP contribution < -0.4 is 17.0 Å². The molecule has 0 amide bonds. The zero-order chi connectivity index (χ0) is 11.5. The van der Waals surface area contributed by atoms with Crippen LogP contribution in [0.3, 0.4) is 0 Å². The Morgan fingerprint density at radius 2 is 1.88 bits per heavy atom. The van der Waals surface area contributed by atoms with Gasteiger partial charge in [0.15, 0.2) is 0 Å². The van der Waals surface area contributed by atoms with E-state index in [1.807, 2.05) is 6.07 Å². The molecule has 1 heterocycles. The van der Waals surface area contributed by atoms with Gasteiger partial charge in [0.1, 0.15) is 0 Å². The summed E-state index contributed by atoms with van der Waals surface area (Å²) in [6.07, 6.45) is 1.35. The van der Waals surface area contributed by atoms with E-state index in [9.17, 15) is 9.59 Å². The van der Waals surface area contributed by atoms with Gasteiger partial charge in [-0.15, -0.1) is 0 Å². The van der Waals surface area contributed by atoms with E-state index in [0.717, 1.165) is 4.57 Å². The number of para-hydroxylation sites is 1. The molecule has 0 aliphatic carbocycles. The quantitative estimate of drug-likeness (QED) is 0.742. The molecule has 0 saturated heterocycles. The monoisotopic (exact) mass is 217 g/mol. The van der Waals surface area contributed by atoms with Gasteiger partial charge >= 0.3 is 5.69 Å². The molecule has 0 aliphatic heterocycles. The second-order valence-corrected chi connectivity index (χ2v) is 3.30. The molecule has 5 heteroatoms. The van der Waals surface area contributed by atoms with Crippen molar-refractivity contribution in [2.75, 3.05) is 0 Å². The van der Waals surface area contributed by atoms with Gasteiger partial charge in [-0.05, 0) is 12.1 Å². The largest absolute Gasteiger partial charge is 0.333 e. The first-order valence-electron chi connectivity index (χ1n) is 4.83. The maximum absolute atomic E-state index is 11.9. The molecule has 1 aromatic heterocycles. The Labute approximate surface area is 91.2 Å². The number of hydrogen-bond acceptors (Lipinski definition) is 3. The van der Waals surface area contributed by atoms with Crippen LogP contribution in [0.25, 0.3) is 5.69 Å². The van der Waals surface area contributed by atoms with Crippen LogP contribution in [0.2, 0.25) is 0 Å². The molecule has 0 fully saturated rings. The van der Waals surface area contributed by atoms with Gasteiger partial charge in [0, 0.05) is 18.3 Å². The first-order valence-corrected chi connectivity index (χ1v) is 4.83. The molecule has 3 N–H and O–H groups in total. The van der Waals surface area contributed by atoms with Crippen LogP contribution in [-0.4, -0.2) is 9.55 Å². The third-order valence-electron chi connectivity index (χ3n) is 2.29. The summed E-state index contributed by atoms with van der Waals surface area (Å²) < 4.78 is 1.07. The lowest BCUT2D eigenvalue weighted by atomic mass is 10.3. The molecule has 0 radical (unpaired) electrons. The van der Waals surface area contributed by atoms with Gasteiger partial charge in [-0.3, -0.25) is 4.79 Å². The van der Waals surface area contributed by atoms with E-state index in [1.165, 1.54) is 6.20 Å². The Bertz CT molecular complexity index is 599. The summed E-state index contributed by atoms with van der Waals surface area (Å²) in [6.45, 7) is 0.0996. The van der Waals surface area contributed by atoms with Crippen LogP contribution in [0.1, 0.15) is 5.56 Å². The van der Waals surface area contributed by atoms with Crippen LogP contribution in [0.5, 0.6) is 0 Å². The molecular weight excluding hydrogens is 206 g/mol. The van der Waals surface area contributed by atoms with Gasteiger partial charge < -0.3 is 10.7 Å². The molecule has 1 aromatic carbocycles. The van der Waals surface area contributed by atoms with Crippen LogP contribution in [0.15, 0.2) is 46.1 Å². The van der Waals surface area contributed by atoms with E-state index in [0.29, 0.717) is 11.3 Å². The second kappa shape index (κ2) is 4.16. The number of rotatable bonds is 2. The fourth-order valence-electron chi connectivity index (χ4n) is 1.47. The van der Waals surface area contributed by atoms with Crippen molar-refractivity contribution in [3.05, 3.63) is 62.9 Å². The Morgan fingerprint density at radius 1 is 1.19 bits per heavy atom. The highest BCUT2D eigenvalue weighted by molar-refractivity contribution is 5.31. The van der Waals surface area contributed by atoms with E-state index in [2.05, 4.69) is 4.98 Å². The molecule has 0 spiro atoms. The third kappa shape index (κ3) is 1.68. The van der Waals surface area contributed by atoms with E-state index in [1.54, 1.807) is 24.3 Å². The maximum Gasteiger partial charge on any atom is 0.333 e. The van der Waals surface area contributed by atoms with Crippen molar-refractivity contribution in [3.63, 3.8) is 0 Å². The van der Waals surface area contributed by atoms with Gasteiger partial charge in [0.2, 0.25) is 0 Å². The number of hydrogen-bond donors (Lipinski definition) is 2. The number of benzene rings is 1. The lowest BCUT2D eigenvalue weighted by Gasteiger charge is -2.05. The Kier molecular flexibility index (Phi) is 2.70. The molecule has 0 bridgehead atoms. The van der Waals surface area contributed by atoms with E-state index >= 15 is 0 Å². The van der Waals surface area contributed by atoms with Gasteiger partial charge in [-0.1, -0.05) is 18.2 Å². The lowest BCUT2D eigenvalue weighted by molar-refractivity contribution is 0.835. The molecule has 16 heavy (non-hydrogen) atoms. The minimum absolute atomic E-state index is 0.0996. The maximum atomic E-state index is 11.9. The average Bonchev–Trinajstić information content (AvgIpc) is 2.31. The number of nitrogens with zero attached hydrogens (tertiary/aromatic N) is 1. The fraction of sp³-hybridized carbons (Fsp3) is 0.0909. The first-order chi connectivity index (χ1) is 7.74. The summed E-state index contributed by atoms with van der Waals surface area (Å²) in [6, 6.07) is 8.72. The summed E-state index contributed by atoms with van der Waals surface area (Å²) in [4.78, 5) is 25.9. The number of aromatic amines is 1. The minimum Gasteiger partial charge on any atom is -0.326 e. The molecule has 0 atom stereocenters. The number of nitrogens with one attached hydrogen (secondary N) is 1. The topological polar surface area (TPSA) is 80.9 Å². The average molecular weight is 217 g/mol. The van der Waals surface area contributed by atoms with E-state index < -0.39 is 5.69 Å². The van der Waals surface area contributed by atoms with Gasteiger partial charge in [0.05, 0.1) is 5.69 Å². The number of H-pyrrole nitrogens is 1. The smallest absolute Gasteiger partial charge is 0.326 e. The zero-order valence-electron chi connectivity index (χ0n) is 8.51. The summed E-state index contributed by atoms with van der Waals surface area (Å²) in [7, 11) is 0. The van der Waals surface area contributed by atoms with Gasteiger partial charge in [0.25, 0.3) is 5.56 Å². The third-order valence-corrected chi connectivity index (χ3v) is 2.29. The summed E-state index contributed by atoms with van der Waals surface area (Å²) >= 11 is 0. The number of nitrogens with two attached hydrogens (primary N) is 1. The van der Waals surface area contributed by atoms with Gasteiger partial charge in [-0.2, -0.15) is 0 Å². The molecule has 0 saturated carbocycles. The normalized spacial score (nSPS) is 10.3. The first kappa shape index (κ1) is 10.4. The summed E-state index contributed by atoms with van der Waals surface area (Å²) in [5, 5.41) is 0. The molecule has 5 nitrogen and oxygen atoms in total. The highest BCUT2D eigenvalue weighted by Gasteiger charge is 2.07. The Morgan fingerprint density at radius 3 is 2.50 bits per heavy atom. The fourth-order valence-corrected chi connectivity index (χ4v) is 1.47. The highest BCUT2D eigenvalue weighted by Crippen LogP contribution is 2.00. The standard InChI is InChI=1S/C11H11N3O2/c12-6-8-7-13-11(16)14(10(8)15)9-4-2-1-3-5-9/h1-5,7H,6,12H2,(H,13,16). The summed E-state index contributed by atoms with van der Waals surface area (Å²) in [5.74, 6) is 0. The van der Waals surface area contributed by atoms with Crippen molar-refractivity contribution in [2.24, 2.45) is 5.73 Å². The highest BCUT2D eigenvalue weighted by atomic mass is 16.2. The molecule has 0 aliphatic rings. The van der Waals surface area contributed by atoms with Crippen LogP contribution >= 0.6 is 0 Å². The van der Waals surface area contributed by atoms with Crippen LogP contribution in [0.4, 0.5) is 0 Å².